The van der Waals surface area contributed by atoms with Crippen molar-refractivity contribution in [2.75, 3.05) is 33.9 Å². The van der Waals surface area contributed by atoms with Crippen molar-refractivity contribution in [3.8, 4) is 0 Å². The molecule has 0 aliphatic carbocycles. The van der Waals surface area contributed by atoms with Crippen LogP contribution in [0.15, 0.2) is 0 Å². The van der Waals surface area contributed by atoms with Crippen LogP contribution >= 0.6 is 0 Å². The van der Waals surface area contributed by atoms with E-state index in [2.05, 4.69) is 0 Å². The van der Waals surface area contributed by atoms with Gasteiger partial charge in [-0.25, -0.2) is 0 Å². The van der Waals surface area contributed by atoms with Gasteiger partial charge in [0, 0.05) is 20.7 Å². The van der Waals surface area contributed by atoms with Crippen molar-refractivity contribution in [1.29, 1.82) is 0 Å². The Bertz CT molecular complexity index is 116. The molecule has 0 aliphatic rings. The van der Waals surface area contributed by atoms with Gasteiger partial charge in [-0.05, 0) is 0 Å². The predicted octanol–water partition coefficient (Wildman–Crippen LogP) is -0.526. The lowest BCUT2D eigenvalue weighted by atomic mass is 10.4. The van der Waals surface area contributed by atoms with Crippen molar-refractivity contribution < 1.29 is 14.6 Å². The highest BCUT2D eigenvalue weighted by Crippen LogP contribution is 1.89. The number of nitrogens with zero attached hydrogens (tertiary/aromatic N) is 1. The zero-order valence-corrected chi connectivity index (χ0v) is 7.04. The molecule has 0 atom stereocenters. The number of carbonyl (C=O) groups is 1. The molecule has 0 aliphatic heterocycles. The molecule has 0 saturated carbocycles. The first-order valence-electron chi connectivity index (χ1n) is 3.56. The summed E-state index contributed by atoms with van der Waals surface area (Å²) >= 11 is 0. The van der Waals surface area contributed by atoms with Crippen LogP contribution in [0.5, 0.6) is 0 Å². The zero-order valence-electron chi connectivity index (χ0n) is 7.04. The summed E-state index contributed by atoms with van der Waals surface area (Å²) in [5, 5.41) is 8.49. The number of rotatable bonds is 5. The molecule has 0 unspecified atom stereocenters. The number of aliphatic hydroxyl groups excluding tert-OH is 1. The summed E-state index contributed by atoms with van der Waals surface area (Å²) in [6.45, 7) is 0.840. The predicted molar refractivity (Wildman–Crippen MR) is 41.2 cm³/mol. The summed E-state index contributed by atoms with van der Waals surface area (Å²) < 4.78 is 4.73. The molecule has 0 aromatic rings. The van der Waals surface area contributed by atoms with E-state index >= 15 is 0 Å². The van der Waals surface area contributed by atoms with Gasteiger partial charge in [0.1, 0.15) is 0 Å². The van der Waals surface area contributed by atoms with Gasteiger partial charge in [-0.2, -0.15) is 0 Å². The molecule has 0 bridgehead atoms. The van der Waals surface area contributed by atoms with Gasteiger partial charge in [0.15, 0.2) is 0 Å². The van der Waals surface area contributed by atoms with Crippen molar-refractivity contribution in [2.45, 2.75) is 6.42 Å². The van der Waals surface area contributed by atoms with Crippen LogP contribution in [0.4, 0.5) is 0 Å². The average Bonchev–Trinajstić information content (AvgIpc) is 2.00. The molecule has 11 heavy (non-hydrogen) atoms. The summed E-state index contributed by atoms with van der Waals surface area (Å²) in [6, 6.07) is 0. The number of amides is 1. The number of hydrogen-bond donors (Lipinski definition) is 1. The molecule has 0 rings (SSSR count). The van der Waals surface area contributed by atoms with E-state index < -0.39 is 0 Å². The zero-order chi connectivity index (χ0) is 8.69. The second-order valence-electron chi connectivity index (χ2n) is 2.28. The SMILES string of the molecule is COCCC(=O)N(C)CCO. The van der Waals surface area contributed by atoms with Crippen LogP contribution in [0.3, 0.4) is 0 Å². The fraction of sp³-hybridized carbons (Fsp3) is 0.857. The first kappa shape index (κ1) is 10.4. The van der Waals surface area contributed by atoms with E-state index in [0.29, 0.717) is 19.6 Å². The second-order valence-corrected chi connectivity index (χ2v) is 2.28. The Labute approximate surface area is 66.8 Å². The molecule has 0 aromatic carbocycles. The minimum absolute atomic E-state index is 0.000833. The van der Waals surface area contributed by atoms with E-state index in [1.165, 1.54) is 4.90 Å². The minimum Gasteiger partial charge on any atom is -0.395 e. The molecule has 0 heterocycles. The maximum Gasteiger partial charge on any atom is 0.224 e. The van der Waals surface area contributed by atoms with Crippen LogP contribution in [-0.4, -0.2) is 49.8 Å². The number of hydrogen-bond acceptors (Lipinski definition) is 3. The lowest BCUT2D eigenvalue weighted by molar-refractivity contribution is -0.131. The first-order valence-corrected chi connectivity index (χ1v) is 3.56. The highest BCUT2D eigenvalue weighted by Gasteiger charge is 2.05. The normalized spacial score (nSPS) is 9.73. The Hall–Kier alpha value is -0.610. The lowest BCUT2D eigenvalue weighted by Gasteiger charge is -2.14. The van der Waals surface area contributed by atoms with Crippen molar-refractivity contribution >= 4 is 5.91 Å². The molecule has 0 spiro atoms. The summed E-state index contributed by atoms with van der Waals surface area (Å²) in [5.41, 5.74) is 0. The Balaban J connectivity index is 3.47. The molecule has 0 fully saturated rings. The van der Waals surface area contributed by atoms with Crippen LogP contribution < -0.4 is 0 Å². The van der Waals surface area contributed by atoms with E-state index in [-0.39, 0.29) is 12.5 Å². The van der Waals surface area contributed by atoms with Gasteiger partial charge in [-0.1, -0.05) is 0 Å². The number of carbonyl (C=O) groups excluding carboxylic acids is 1. The van der Waals surface area contributed by atoms with Gasteiger partial charge in [-0.3, -0.25) is 4.79 Å². The molecule has 66 valence electrons. The number of methoxy groups -OCH3 is 1. The van der Waals surface area contributed by atoms with Crippen LogP contribution in [0.1, 0.15) is 6.42 Å². The Morgan fingerprint density at radius 3 is 2.73 bits per heavy atom. The summed E-state index contributed by atoms with van der Waals surface area (Å²) in [5.74, 6) is 0.000833. The second kappa shape index (κ2) is 6.12. The number of ether oxygens (including phenoxy) is 1. The third-order valence-electron chi connectivity index (χ3n) is 1.38. The highest BCUT2D eigenvalue weighted by atomic mass is 16.5. The van der Waals surface area contributed by atoms with E-state index in [0.717, 1.165) is 0 Å². The van der Waals surface area contributed by atoms with Gasteiger partial charge in [0.2, 0.25) is 5.91 Å². The van der Waals surface area contributed by atoms with Crippen LogP contribution in [0.2, 0.25) is 0 Å². The minimum atomic E-state index is 0.000833. The quantitative estimate of drug-likeness (QED) is 0.590. The molecule has 0 aromatic heterocycles. The molecular formula is C7H15NO3. The number of aliphatic hydroxyl groups is 1. The van der Waals surface area contributed by atoms with Crippen LogP contribution in [0.25, 0.3) is 0 Å². The fourth-order valence-electron chi connectivity index (χ4n) is 0.655. The van der Waals surface area contributed by atoms with Gasteiger partial charge in [-0.15, -0.1) is 0 Å². The molecule has 4 nitrogen and oxygen atoms in total. The Morgan fingerprint density at radius 1 is 1.64 bits per heavy atom. The lowest BCUT2D eigenvalue weighted by Crippen LogP contribution is -2.30. The fourth-order valence-corrected chi connectivity index (χ4v) is 0.655. The average molecular weight is 161 g/mol. The monoisotopic (exact) mass is 161 g/mol. The summed E-state index contributed by atoms with van der Waals surface area (Å²) in [4.78, 5) is 12.5. The largest absolute Gasteiger partial charge is 0.395 e. The van der Waals surface area contributed by atoms with Gasteiger partial charge >= 0.3 is 0 Å². The van der Waals surface area contributed by atoms with Gasteiger partial charge in [0.25, 0.3) is 0 Å². The smallest absolute Gasteiger partial charge is 0.224 e. The van der Waals surface area contributed by atoms with Gasteiger partial charge in [0.05, 0.1) is 19.6 Å². The first-order chi connectivity index (χ1) is 5.22. The molecule has 0 saturated heterocycles. The third-order valence-corrected chi connectivity index (χ3v) is 1.38. The van der Waals surface area contributed by atoms with Crippen molar-refractivity contribution in [2.24, 2.45) is 0 Å². The maximum absolute atomic E-state index is 11.0. The molecule has 1 N–H and O–H groups in total. The van der Waals surface area contributed by atoms with E-state index in [1.807, 2.05) is 0 Å². The van der Waals surface area contributed by atoms with Gasteiger partial charge < -0.3 is 14.7 Å². The molecule has 4 heteroatoms. The standard InChI is InChI=1S/C7H15NO3/c1-8(4-5-9)7(10)3-6-11-2/h9H,3-6H2,1-2H3. The molecule has 1 amide bonds. The van der Waals surface area contributed by atoms with E-state index in [9.17, 15) is 4.79 Å². The van der Waals surface area contributed by atoms with Crippen molar-refractivity contribution in [3.63, 3.8) is 0 Å². The summed E-state index contributed by atoms with van der Waals surface area (Å²) in [6.07, 6.45) is 0.382. The van der Waals surface area contributed by atoms with Crippen molar-refractivity contribution in [3.05, 3.63) is 0 Å². The van der Waals surface area contributed by atoms with E-state index in [4.69, 9.17) is 9.84 Å². The third kappa shape index (κ3) is 4.75. The number of likely N-dealkylation sites (N-methyl/N-ethyl adjacent to an activating group) is 1. The Kier molecular flexibility index (Phi) is 5.78. The van der Waals surface area contributed by atoms with Crippen LogP contribution in [-0.2, 0) is 9.53 Å². The van der Waals surface area contributed by atoms with Crippen LogP contribution in [0, 0.1) is 0 Å². The topological polar surface area (TPSA) is 49.8 Å². The summed E-state index contributed by atoms with van der Waals surface area (Å²) in [7, 11) is 3.22. The molecule has 0 radical (unpaired) electrons. The molecular weight excluding hydrogens is 146 g/mol. The van der Waals surface area contributed by atoms with E-state index in [1.54, 1.807) is 14.2 Å². The Morgan fingerprint density at radius 2 is 2.27 bits per heavy atom. The highest BCUT2D eigenvalue weighted by molar-refractivity contribution is 5.75. The van der Waals surface area contributed by atoms with Crippen molar-refractivity contribution in [1.82, 2.24) is 4.90 Å². The maximum atomic E-state index is 11.0.